The first-order valence-electron chi connectivity index (χ1n) is 6.24. The third-order valence-electron chi connectivity index (χ3n) is 3.30. The Labute approximate surface area is 107 Å². The first-order valence-corrected chi connectivity index (χ1v) is 6.24. The van der Waals surface area contributed by atoms with Crippen molar-refractivity contribution >= 4 is 11.6 Å². The fraction of sp³-hybridized carbons (Fsp3) is 0.667. The average molecular weight is 252 g/mol. The minimum absolute atomic E-state index is 0.0751. The largest absolute Gasteiger partial charge is 0.396 e. The second-order valence-electron chi connectivity index (χ2n) is 4.59. The molecule has 2 N–H and O–H groups in total. The molecule has 1 amide bonds. The topological polar surface area (TPSA) is 73.4 Å². The SMILES string of the molecule is Cc1nn(CC(=O)N2CCCOCC2)c(C)c1N. The van der Waals surface area contributed by atoms with E-state index in [1.54, 1.807) is 4.68 Å². The molecule has 18 heavy (non-hydrogen) atoms. The Balaban J connectivity index is 2.03. The zero-order chi connectivity index (χ0) is 13.1. The van der Waals surface area contributed by atoms with Crippen molar-refractivity contribution in [2.45, 2.75) is 26.8 Å². The van der Waals surface area contributed by atoms with Crippen LogP contribution >= 0.6 is 0 Å². The molecular weight excluding hydrogens is 232 g/mol. The van der Waals surface area contributed by atoms with Gasteiger partial charge in [0, 0.05) is 19.7 Å². The Hall–Kier alpha value is -1.56. The number of ether oxygens (including phenoxy) is 1. The number of aromatic nitrogens is 2. The molecule has 1 aromatic rings. The predicted molar refractivity (Wildman–Crippen MR) is 68.1 cm³/mol. The van der Waals surface area contributed by atoms with Gasteiger partial charge in [0.05, 0.1) is 23.7 Å². The summed E-state index contributed by atoms with van der Waals surface area (Å²) >= 11 is 0. The van der Waals surface area contributed by atoms with Gasteiger partial charge in [0.25, 0.3) is 0 Å². The summed E-state index contributed by atoms with van der Waals surface area (Å²) in [4.78, 5) is 14.0. The highest BCUT2D eigenvalue weighted by molar-refractivity contribution is 5.76. The van der Waals surface area contributed by atoms with E-state index >= 15 is 0 Å². The molecule has 1 aromatic heterocycles. The second kappa shape index (κ2) is 5.39. The highest BCUT2D eigenvalue weighted by Gasteiger charge is 2.18. The van der Waals surface area contributed by atoms with Gasteiger partial charge in [-0.2, -0.15) is 5.10 Å². The minimum atomic E-state index is 0.0751. The number of carbonyl (C=O) groups excluding carboxylic acids is 1. The van der Waals surface area contributed by atoms with Gasteiger partial charge in [-0.3, -0.25) is 9.48 Å². The van der Waals surface area contributed by atoms with Crippen molar-refractivity contribution in [1.82, 2.24) is 14.7 Å². The molecular formula is C12H20N4O2. The first-order chi connectivity index (χ1) is 8.59. The molecule has 0 aliphatic carbocycles. The summed E-state index contributed by atoms with van der Waals surface area (Å²) in [7, 11) is 0. The number of hydrogen-bond donors (Lipinski definition) is 1. The van der Waals surface area contributed by atoms with E-state index in [9.17, 15) is 4.79 Å². The van der Waals surface area contributed by atoms with E-state index in [1.807, 2.05) is 18.7 Å². The summed E-state index contributed by atoms with van der Waals surface area (Å²) in [5.74, 6) is 0.0751. The number of nitrogen functional groups attached to an aromatic ring is 1. The molecule has 0 radical (unpaired) electrons. The third-order valence-corrected chi connectivity index (χ3v) is 3.30. The predicted octanol–water partition coefficient (Wildman–Crippen LogP) is 0.331. The van der Waals surface area contributed by atoms with E-state index in [4.69, 9.17) is 10.5 Å². The summed E-state index contributed by atoms with van der Waals surface area (Å²) < 4.78 is 7.02. The van der Waals surface area contributed by atoms with Crippen molar-refractivity contribution in [2.24, 2.45) is 0 Å². The molecule has 0 unspecified atom stereocenters. The number of carbonyl (C=O) groups is 1. The molecule has 1 aliphatic heterocycles. The third kappa shape index (κ3) is 2.64. The molecule has 100 valence electrons. The lowest BCUT2D eigenvalue weighted by Gasteiger charge is -2.19. The highest BCUT2D eigenvalue weighted by Crippen LogP contribution is 2.15. The van der Waals surface area contributed by atoms with Gasteiger partial charge in [0.15, 0.2) is 0 Å². The Morgan fingerprint density at radius 3 is 2.83 bits per heavy atom. The van der Waals surface area contributed by atoms with Gasteiger partial charge in [-0.25, -0.2) is 0 Å². The van der Waals surface area contributed by atoms with Gasteiger partial charge in [-0.05, 0) is 20.3 Å². The van der Waals surface area contributed by atoms with Crippen LogP contribution in [0, 0.1) is 13.8 Å². The molecule has 0 spiro atoms. The van der Waals surface area contributed by atoms with Gasteiger partial charge in [-0.1, -0.05) is 0 Å². The number of rotatable bonds is 2. The smallest absolute Gasteiger partial charge is 0.244 e. The van der Waals surface area contributed by atoms with Crippen molar-refractivity contribution in [1.29, 1.82) is 0 Å². The number of nitrogens with two attached hydrogens (primary N) is 1. The Bertz CT molecular complexity index is 434. The van der Waals surface area contributed by atoms with E-state index in [2.05, 4.69) is 5.10 Å². The lowest BCUT2D eigenvalue weighted by molar-refractivity contribution is -0.132. The van der Waals surface area contributed by atoms with E-state index in [0.717, 1.165) is 31.0 Å². The zero-order valence-electron chi connectivity index (χ0n) is 11.0. The molecule has 0 atom stereocenters. The molecule has 0 saturated carbocycles. The molecule has 2 rings (SSSR count). The minimum Gasteiger partial charge on any atom is -0.396 e. The van der Waals surface area contributed by atoms with Gasteiger partial charge >= 0.3 is 0 Å². The van der Waals surface area contributed by atoms with Crippen LogP contribution in [0.4, 0.5) is 5.69 Å². The Morgan fingerprint density at radius 1 is 1.39 bits per heavy atom. The highest BCUT2D eigenvalue weighted by atomic mass is 16.5. The van der Waals surface area contributed by atoms with E-state index in [-0.39, 0.29) is 12.5 Å². The van der Waals surface area contributed by atoms with Gasteiger partial charge < -0.3 is 15.4 Å². The number of amides is 1. The summed E-state index contributed by atoms with van der Waals surface area (Å²) in [5, 5.41) is 4.28. The summed E-state index contributed by atoms with van der Waals surface area (Å²) in [5.41, 5.74) is 8.15. The van der Waals surface area contributed by atoms with Crippen LogP contribution in [0.15, 0.2) is 0 Å². The lowest BCUT2D eigenvalue weighted by Crippen LogP contribution is -2.36. The first kappa shape index (κ1) is 12.9. The summed E-state index contributed by atoms with van der Waals surface area (Å²) in [6, 6.07) is 0. The normalized spacial score (nSPS) is 16.7. The van der Waals surface area contributed by atoms with Crippen molar-refractivity contribution < 1.29 is 9.53 Å². The Morgan fingerprint density at radius 2 is 2.17 bits per heavy atom. The maximum atomic E-state index is 12.2. The van der Waals surface area contributed by atoms with E-state index in [1.165, 1.54) is 0 Å². The lowest BCUT2D eigenvalue weighted by atomic mass is 10.3. The number of anilines is 1. The van der Waals surface area contributed by atoms with Crippen LogP contribution in [0.1, 0.15) is 17.8 Å². The Kier molecular flexibility index (Phi) is 3.86. The fourth-order valence-electron chi connectivity index (χ4n) is 2.09. The van der Waals surface area contributed by atoms with Crippen LogP contribution in [0.2, 0.25) is 0 Å². The molecule has 0 bridgehead atoms. The van der Waals surface area contributed by atoms with Crippen molar-refractivity contribution in [3.05, 3.63) is 11.4 Å². The quantitative estimate of drug-likeness (QED) is 0.823. The van der Waals surface area contributed by atoms with Gasteiger partial charge in [0.2, 0.25) is 5.91 Å². The average Bonchev–Trinajstić information content (AvgIpc) is 2.59. The monoisotopic (exact) mass is 252 g/mol. The van der Waals surface area contributed by atoms with Gasteiger partial charge in [-0.15, -0.1) is 0 Å². The van der Waals surface area contributed by atoms with E-state index in [0.29, 0.717) is 18.8 Å². The van der Waals surface area contributed by atoms with Crippen molar-refractivity contribution in [3.63, 3.8) is 0 Å². The van der Waals surface area contributed by atoms with Crippen LogP contribution < -0.4 is 5.73 Å². The van der Waals surface area contributed by atoms with Crippen LogP contribution in [-0.2, 0) is 16.1 Å². The molecule has 2 heterocycles. The van der Waals surface area contributed by atoms with Gasteiger partial charge in [0.1, 0.15) is 6.54 Å². The number of nitrogens with zero attached hydrogens (tertiary/aromatic N) is 3. The molecule has 6 heteroatoms. The zero-order valence-corrected chi connectivity index (χ0v) is 11.0. The van der Waals surface area contributed by atoms with Crippen molar-refractivity contribution in [2.75, 3.05) is 32.0 Å². The summed E-state index contributed by atoms with van der Waals surface area (Å²) in [6.07, 6.45) is 0.894. The molecule has 6 nitrogen and oxygen atoms in total. The molecule has 1 fully saturated rings. The molecule has 0 aromatic carbocycles. The van der Waals surface area contributed by atoms with Crippen LogP contribution in [-0.4, -0.2) is 46.9 Å². The standard InChI is InChI=1S/C12H20N4O2/c1-9-12(13)10(2)16(14-9)8-11(17)15-4-3-6-18-7-5-15/h3-8,13H2,1-2H3. The molecule has 1 aliphatic rings. The maximum Gasteiger partial charge on any atom is 0.244 e. The number of aryl methyl sites for hydroxylation is 1. The molecule has 1 saturated heterocycles. The van der Waals surface area contributed by atoms with Crippen LogP contribution in [0.25, 0.3) is 0 Å². The second-order valence-corrected chi connectivity index (χ2v) is 4.59. The maximum absolute atomic E-state index is 12.2. The van der Waals surface area contributed by atoms with Crippen LogP contribution in [0.5, 0.6) is 0 Å². The number of hydrogen-bond acceptors (Lipinski definition) is 4. The fourth-order valence-corrected chi connectivity index (χ4v) is 2.09. The summed E-state index contributed by atoms with van der Waals surface area (Å²) in [6.45, 7) is 6.75. The van der Waals surface area contributed by atoms with E-state index < -0.39 is 0 Å². The van der Waals surface area contributed by atoms with Crippen LogP contribution in [0.3, 0.4) is 0 Å². The van der Waals surface area contributed by atoms with Crippen molar-refractivity contribution in [3.8, 4) is 0 Å².